The molecule has 0 fully saturated rings. The van der Waals surface area contributed by atoms with Crippen molar-refractivity contribution in [1.82, 2.24) is 35.9 Å². The maximum absolute atomic E-state index is 5.13. The molecule has 0 aromatic carbocycles. The van der Waals surface area contributed by atoms with Crippen LogP contribution in [-0.4, -0.2) is 78.2 Å². The van der Waals surface area contributed by atoms with E-state index in [1.54, 1.807) is 47.3 Å². The van der Waals surface area contributed by atoms with Crippen molar-refractivity contribution < 1.29 is 0 Å². The summed E-state index contributed by atoms with van der Waals surface area (Å²) in [5, 5.41) is 8.17. The van der Waals surface area contributed by atoms with Gasteiger partial charge in [0.1, 0.15) is 0 Å². The van der Waals surface area contributed by atoms with Crippen LogP contribution in [0.15, 0.2) is 0 Å². The van der Waals surface area contributed by atoms with Gasteiger partial charge in [-0.05, 0) is 5.23 Å². The van der Waals surface area contributed by atoms with Crippen molar-refractivity contribution in [3.8, 4) is 0 Å². The zero-order chi connectivity index (χ0) is 17.0. The van der Waals surface area contributed by atoms with E-state index in [1.807, 2.05) is 0 Å². The summed E-state index contributed by atoms with van der Waals surface area (Å²) in [7, 11) is 10.4. The fourth-order valence-electron chi connectivity index (χ4n) is 0.532. The molecule has 0 radical (unpaired) electrons. The Bertz CT molecular complexity index is 162. The molecule has 14 heteroatoms. The normalized spacial score (nSPS) is 11.4. The lowest BCUT2D eigenvalue weighted by Crippen LogP contribution is -2.68. The van der Waals surface area contributed by atoms with Crippen molar-refractivity contribution in [3.63, 3.8) is 0 Å². The highest BCUT2D eigenvalue weighted by atomic mass is 16.2. The highest BCUT2D eigenvalue weighted by Crippen LogP contribution is 1.86. The quantitative estimate of drug-likeness (QED) is 0.191. The van der Waals surface area contributed by atoms with Crippen LogP contribution in [0.4, 0.5) is 0 Å². The molecule has 0 aromatic rings. The fourth-order valence-corrected chi connectivity index (χ4v) is 0.532. The van der Waals surface area contributed by atoms with E-state index in [-0.39, 0.29) is 0 Å². The molecule has 0 atom stereocenters. The van der Waals surface area contributed by atoms with Gasteiger partial charge in [0.25, 0.3) is 0 Å². The van der Waals surface area contributed by atoms with Gasteiger partial charge in [-0.2, -0.15) is 0 Å². The smallest absolute Gasteiger partial charge is 0.00447 e. The number of rotatable bonds is 4. The van der Waals surface area contributed by atoms with Gasteiger partial charge in [0.15, 0.2) is 0 Å². The molecule has 14 N–H and O–H groups in total. The predicted molar refractivity (Wildman–Crippen MR) is 77.7 cm³/mol. The molecule has 0 aromatic heterocycles. The lowest BCUT2D eigenvalue weighted by Gasteiger charge is -2.35. The third kappa shape index (κ3) is 19.8. The molecule has 0 heterocycles. The second-order valence-electron chi connectivity index (χ2n) is 4.07. The number of hydrogen-bond acceptors (Lipinski definition) is 14. The maximum atomic E-state index is 5.13. The Kier molecular flexibility index (Phi) is 16.4. The minimum atomic E-state index is 0.750. The molecule has 0 aliphatic carbocycles. The van der Waals surface area contributed by atoms with Crippen LogP contribution in [0.3, 0.4) is 0 Å². The molecule has 126 valence electrons. The van der Waals surface area contributed by atoms with E-state index in [9.17, 15) is 0 Å². The van der Waals surface area contributed by atoms with Crippen LogP contribution < -0.4 is 40.9 Å². The van der Waals surface area contributed by atoms with Gasteiger partial charge in [0.2, 0.25) is 0 Å². The van der Waals surface area contributed by atoms with Crippen LogP contribution in [0.25, 0.3) is 0 Å². The molecule has 0 saturated heterocycles. The average molecular weight is 300 g/mol. The van der Waals surface area contributed by atoms with Crippen LogP contribution >= 0.6 is 0 Å². The highest BCUT2D eigenvalue weighted by Gasteiger charge is 2.13. The molecule has 20 heavy (non-hydrogen) atoms. The predicted octanol–water partition coefficient (Wildman–Crippen LogP) is -5.37. The van der Waals surface area contributed by atoms with Crippen LogP contribution in [0, 0.1) is 0 Å². The molecule has 0 amide bonds. The van der Waals surface area contributed by atoms with Gasteiger partial charge in [-0.15, -0.1) is 5.23 Å². The Balaban J connectivity index is -0.000000246. The lowest BCUT2D eigenvalue weighted by atomic mass is 11.2. The molecule has 0 aliphatic heterocycles. The molecule has 0 spiro atoms. The molecular weight excluding hydrogens is 268 g/mol. The summed E-state index contributed by atoms with van der Waals surface area (Å²) in [6.45, 7) is 0. The zero-order valence-corrected chi connectivity index (χ0v) is 13.2. The van der Waals surface area contributed by atoms with E-state index in [4.69, 9.17) is 40.9 Å². The van der Waals surface area contributed by atoms with Gasteiger partial charge in [-0.1, -0.05) is 10.5 Å². The SMILES string of the molecule is CN(C)N.CN(C)N(N(N)N)N(N)N.CN(C)N(N)N. The standard InChI is InChI=1S/C2H14N8.C2H10N4.C2H8N2/c1-7(2)10(8(3)4)9(5)6;1-5(2)6(3)4;1-4(2)3/h3-6H2,1-2H3;3-4H2,1-2H3;3H2,1-2H3. The molecule has 14 nitrogen and oxygen atoms in total. The molecule has 0 bridgehead atoms. The lowest BCUT2D eigenvalue weighted by molar-refractivity contribution is -0.301. The topological polar surface area (TPSA) is 205 Å². The van der Waals surface area contributed by atoms with Crippen molar-refractivity contribution in [1.29, 1.82) is 0 Å². The Labute approximate surface area is 120 Å². The van der Waals surface area contributed by atoms with E-state index in [0.29, 0.717) is 0 Å². The van der Waals surface area contributed by atoms with Gasteiger partial charge < -0.3 is 0 Å². The first-order chi connectivity index (χ1) is 8.84. The number of hydrogen-bond donors (Lipinski definition) is 7. The molecule has 0 unspecified atom stereocenters. The Morgan fingerprint density at radius 3 is 0.650 bits per heavy atom. The first kappa shape index (κ1) is 24.5. The molecule has 0 rings (SSSR count). The third-order valence-corrected chi connectivity index (χ3v) is 1.23. The number of hydrazine groups is 11. The number of nitrogens with zero attached hydrogens (tertiary/aromatic N) is 7. The summed E-state index contributed by atoms with van der Waals surface area (Å²) in [5.74, 6) is 35.4. The summed E-state index contributed by atoms with van der Waals surface area (Å²) >= 11 is 0. The monoisotopic (exact) mass is 300 g/mol. The van der Waals surface area contributed by atoms with Crippen molar-refractivity contribution in [2.24, 2.45) is 40.9 Å². The van der Waals surface area contributed by atoms with Crippen molar-refractivity contribution in [2.45, 2.75) is 0 Å². The Morgan fingerprint density at radius 2 is 0.650 bits per heavy atom. The summed E-state index contributed by atoms with van der Waals surface area (Å²) < 4.78 is 0. The van der Waals surface area contributed by atoms with E-state index in [2.05, 4.69) is 0 Å². The van der Waals surface area contributed by atoms with Gasteiger partial charge in [0.05, 0.1) is 0 Å². The van der Waals surface area contributed by atoms with Gasteiger partial charge in [-0.25, -0.2) is 45.1 Å². The van der Waals surface area contributed by atoms with Crippen LogP contribution in [0.1, 0.15) is 0 Å². The van der Waals surface area contributed by atoms with E-state index in [1.165, 1.54) is 10.0 Å². The van der Waals surface area contributed by atoms with Gasteiger partial charge in [-0.3, -0.25) is 10.9 Å². The third-order valence-electron chi connectivity index (χ3n) is 1.23. The summed E-state index contributed by atoms with van der Waals surface area (Å²) in [6, 6.07) is 0. The van der Waals surface area contributed by atoms with Crippen LogP contribution in [0.5, 0.6) is 0 Å². The molecule has 0 saturated carbocycles. The van der Waals surface area contributed by atoms with Gasteiger partial charge >= 0.3 is 0 Å². The van der Waals surface area contributed by atoms with Crippen molar-refractivity contribution >= 4 is 0 Å². The van der Waals surface area contributed by atoms with Crippen LogP contribution in [-0.2, 0) is 0 Å². The van der Waals surface area contributed by atoms with Crippen LogP contribution in [0.2, 0.25) is 0 Å². The molecule has 0 aliphatic rings. The Morgan fingerprint density at radius 1 is 0.450 bits per heavy atom. The summed E-state index contributed by atoms with van der Waals surface area (Å²) in [5.41, 5.74) is 0. The van der Waals surface area contributed by atoms with E-state index in [0.717, 1.165) is 20.9 Å². The largest absolute Gasteiger partial charge is 0.269 e. The Hall–Kier alpha value is -0.560. The van der Waals surface area contributed by atoms with Crippen molar-refractivity contribution in [2.75, 3.05) is 42.3 Å². The second-order valence-corrected chi connectivity index (χ2v) is 4.07. The van der Waals surface area contributed by atoms with E-state index < -0.39 is 0 Å². The minimum Gasteiger partial charge on any atom is -0.269 e. The first-order valence-corrected chi connectivity index (χ1v) is 5.29. The summed E-state index contributed by atoms with van der Waals surface area (Å²) in [6.07, 6.45) is 0. The number of nitrogens with two attached hydrogens (primary N) is 7. The highest BCUT2D eigenvalue weighted by molar-refractivity contribution is 4.24. The summed E-state index contributed by atoms with van der Waals surface area (Å²) in [4.78, 5) is 0. The fraction of sp³-hybridized carbons (Fsp3) is 1.00. The molecular formula is C6H32N14. The first-order valence-electron chi connectivity index (χ1n) is 5.29. The average Bonchev–Trinajstić information content (AvgIpc) is 2.14. The second kappa shape index (κ2) is 13.4. The maximum Gasteiger partial charge on any atom is 0.00447 e. The van der Waals surface area contributed by atoms with E-state index >= 15 is 0 Å². The minimum absolute atomic E-state index is 0.750. The van der Waals surface area contributed by atoms with Gasteiger partial charge in [0, 0.05) is 42.3 Å². The zero-order valence-electron chi connectivity index (χ0n) is 13.2. The van der Waals surface area contributed by atoms with Crippen molar-refractivity contribution in [3.05, 3.63) is 0 Å².